The molecule has 4 heteroatoms. The van der Waals surface area contributed by atoms with Gasteiger partial charge in [0.2, 0.25) is 0 Å². The quantitative estimate of drug-likeness (QED) is 0.904. The third kappa shape index (κ3) is 2.61. The molecule has 2 aromatic rings. The Morgan fingerprint density at radius 2 is 2.11 bits per heavy atom. The molecule has 0 atom stereocenters. The van der Waals surface area contributed by atoms with Crippen molar-refractivity contribution in [2.75, 3.05) is 0 Å². The number of hydrogen-bond acceptors (Lipinski definition) is 1. The molecule has 1 N–H and O–H groups in total. The van der Waals surface area contributed by atoms with Crippen LogP contribution in [0.15, 0.2) is 18.2 Å². The summed E-state index contributed by atoms with van der Waals surface area (Å²) in [5, 5.41) is 11.0. The van der Waals surface area contributed by atoms with Crippen LogP contribution in [0, 0.1) is 12.8 Å². The Balaban J connectivity index is 2.64. The van der Waals surface area contributed by atoms with Crippen LogP contribution in [0.5, 0.6) is 0 Å². The Labute approximate surface area is 117 Å². The Bertz CT molecular complexity index is 629. The first-order valence-electron chi connectivity index (χ1n) is 6.43. The van der Waals surface area contributed by atoms with Crippen LogP contribution >= 0.6 is 11.6 Å². The molecule has 0 amide bonds. The summed E-state index contributed by atoms with van der Waals surface area (Å²) in [4.78, 5) is 11.5. The van der Waals surface area contributed by atoms with E-state index >= 15 is 0 Å². The maximum Gasteiger partial charge on any atom is 0.352 e. The molecule has 0 radical (unpaired) electrons. The summed E-state index contributed by atoms with van der Waals surface area (Å²) in [6.07, 6.45) is 0.951. The smallest absolute Gasteiger partial charge is 0.352 e. The van der Waals surface area contributed by atoms with Crippen molar-refractivity contribution in [1.82, 2.24) is 4.57 Å². The summed E-state index contributed by atoms with van der Waals surface area (Å²) < 4.78 is 1.89. The summed E-state index contributed by atoms with van der Waals surface area (Å²) in [6.45, 7) is 6.82. The van der Waals surface area contributed by atoms with Gasteiger partial charge < -0.3 is 9.67 Å². The zero-order chi connectivity index (χ0) is 14.2. The predicted octanol–water partition coefficient (Wildman–Crippen LogP) is 4.35. The highest BCUT2D eigenvalue weighted by molar-refractivity contribution is 6.31. The van der Waals surface area contributed by atoms with Gasteiger partial charge in [-0.3, -0.25) is 0 Å². The summed E-state index contributed by atoms with van der Waals surface area (Å²) in [7, 11) is 0. The molecule has 2 rings (SSSR count). The van der Waals surface area contributed by atoms with E-state index in [-0.39, 0.29) is 0 Å². The maximum atomic E-state index is 11.5. The Morgan fingerprint density at radius 1 is 1.42 bits per heavy atom. The highest BCUT2D eigenvalue weighted by atomic mass is 35.5. The van der Waals surface area contributed by atoms with Gasteiger partial charge in [0, 0.05) is 22.5 Å². The summed E-state index contributed by atoms with van der Waals surface area (Å²) in [6, 6.07) is 5.54. The number of benzene rings is 1. The number of fused-ring (bicyclic) bond motifs is 1. The van der Waals surface area contributed by atoms with Gasteiger partial charge in [-0.25, -0.2) is 4.79 Å². The number of carbonyl (C=O) groups is 1. The lowest BCUT2D eigenvalue weighted by atomic mass is 10.1. The van der Waals surface area contributed by atoms with Crippen LogP contribution in [0.25, 0.3) is 10.9 Å². The molecular formula is C15H18ClNO2. The van der Waals surface area contributed by atoms with Crippen molar-refractivity contribution >= 4 is 28.5 Å². The van der Waals surface area contributed by atoms with Crippen molar-refractivity contribution in [1.29, 1.82) is 0 Å². The fourth-order valence-electron chi connectivity index (χ4n) is 2.39. The van der Waals surface area contributed by atoms with E-state index in [9.17, 15) is 9.90 Å². The number of hydrogen-bond donors (Lipinski definition) is 1. The molecule has 19 heavy (non-hydrogen) atoms. The first-order chi connectivity index (χ1) is 8.91. The van der Waals surface area contributed by atoms with Gasteiger partial charge in [-0.15, -0.1) is 0 Å². The van der Waals surface area contributed by atoms with Gasteiger partial charge in [0.1, 0.15) is 5.69 Å². The lowest BCUT2D eigenvalue weighted by Crippen LogP contribution is -2.11. The number of carboxylic acids is 1. The van der Waals surface area contributed by atoms with E-state index in [2.05, 4.69) is 13.8 Å². The third-order valence-corrected chi connectivity index (χ3v) is 3.65. The highest BCUT2D eigenvalue weighted by Crippen LogP contribution is 2.29. The molecule has 1 aromatic carbocycles. The second-order valence-corrected chi connectivity index (χ2v) is 5.71. The van der Waals surface area contributed by atoms with Crippen LogP contribution in [-0.2, 0) is 6.54 Å². The van der Waals surface area contributed by atoms with Gasteiger partial charge in [-0.05, 0) is 43.0 Å². The predicted molar refractivity (Wildman–Crippen MR) is 78.1 cm³/mol. The minimum absolute atomic E-state index is 0.373. The van der Waals surface area contributed by atoms with Gasteiger partial charge in [-0.1, -0.05) is 25.4 Å². The SMILES string of the molecule is Cc1c(C(=O)O)n(CCC(C)C)c2ccc(Cl)cc12. The van der Waals surface area contributed by atoms with Gasteiger partial charge in [0.25, 0.3) is 0 Å². The average molecular weight is 280 g/mol. The average Bonchev–Trinajstić information content (AvgIpc) is 2.59. The molecule has 1 aromatic heterocycles. The third-order valence-electron chi connectivity index (χ3n) is 3.41. The number of carboxylic acid groups (broad SMARTS) is 1. The summed E-state index contributed by atoms with van der Waals surface area (Å²) in [5.74, 6) is -0.347. The number of aryl methyl sites for hydroxylation is 2. The molecule has 0 saturated carbocycles. The lowest BCUT2D eigenvalue weighted by molar-refractivity contribution is 0.0684. The zero-order valence-electron chi connectivity index (χ0n) is 11.4. The van der Waals surface area contributed by atoms with Gasteiger partial charge in [0.15, 0.2) is 0 Å². The van der Waals surface area contributed by atoms with Gasteiger partial charge in [0.05, 0.1) is 0 Å². The molecule has 0 saturated heterocycles. The Hall–Kier alpha value is -1.48. The first-order valence-corrected chi connectivity index (χ1v) is 6.81. The fourth-order valence-corrected chi connectivity index (χ4v) is 2.56. The molecule has 0 aliphatic carbocycles. The normalized spacial score (nSPS) is 11.4. The largest absolute Gasteiger partial charge is 0.477 e. The molecule has 0 bridgehead atoms. The molecule has 0 spiro atoms. The van der Waals surface area contributed by atoms with Crippen molar-refractivity contribution in [2.45, 2.75) is 33.7 Å². The van der Waals surface area contributed by atoms with E-state index in [1.54, 1.807) is 6.07 Å². The minimum atomic E-state index is -0.881. The van der Waals surface area contributed by atoms with Crippen molar-refractivity contribution in [3.63, 3.8) is 0 Å². The molecular weight excluding hydrogens is 262 g/mol. The number of aromatic nitrogens is 1. The van der Waals surface area contributed by atoms with E-state index in [1.807, 2.05) is 23.6 Å². The van der Waals surface area contributed by atoms with Crippen molar-refractivity contribution in [3.05, 3.63) is 34.5 Å². The van der Waals surface area contributed by atoms with E-state index in [4.69, 9.17) is 11.6 Å². The number of nitrogens with zero attached hydrogens (tertiary/aromatic N) is 1. The minimum Gasteiger partial charge on any atom is -0.477 e. The summed E-state index contributed by atoms with van der Waals surface area (Å²) >= 11 is 6.00. The standard InChI is InChI=1S/C15H18ClNO2/c1-9(2)6-7-17-13-5-4-11(16)8-12(13)10(3)14(17)15(18)19/h4-5,8-9H,6-7H2,1-3H3,(H,18,19). The maximum absolute atomic E-state index is 11.5. The van der Waals surface area contributed by atoms with Crippen LogP contribution in [0.4, 0.5) is 0 Å². The van der Waals surface area contributed by atoms with Crippen LogP contribution in [0.1, 0.15) is 36.3 Å². The van der Waals surface area contributed by atoms with E-state index in [1.165, 1.54) is 0 Å². The second-order valence-electron chi connectivity index (χ2n) is 5.27. The zero-order valence-corrected chi connectivity index (χ0v) is 12.2. The number of halogens is 1. The van der Waals surface area contributed by atoms with Crippen molar-refractivity contribution < 1.29 is 9.90 Å². The van der Waals surface area contributed by atoms with E-state index in [0.717, 1.165) is 22.9 Å². The molecule has 0 fully saturated rings. The molecule has 102 valence electrons. The molecule has 0 aliphatic heterocycles. The number of aromatic carboxylic acids is 1. The topological polar surface area (TPSA) is 42.2 Å². The molecule has 0 aliphatic rings. The lowest BCUT2D eigenvalue weighted by Gasteiger charge is -2.10. The highest BCUT2D eigenvalue weighted by Gasteiger charge is 2.19. The molecule has 1 heterocycles. The van der Waals surface area contributed by atoms with Gasteiger partial charge in [-0.2, -0.15) is 0 Å². The van der Waals surface area contributed by atoms with E-state index in [0.29, 0.717) is 23.2 Å². The van der Waals surface area contributed by atoms with Crippen LogP contribution in [-0.4, -0.2) is 15.6 Å². The second kappa shape index (κ2) is 5.25. The van der Waals surface area contributed by atoms with Crippen LogP contribution < -0.4 is 0 Å². The molecule has 0 unspecified atom stereocenters. The molecule has 3 nitrogen and oxygen atoms in total. The van der Waals surface area contributed by atoms with Gasteiger partial charge >= 0.3 is 5.97 Å². The van der Waals surface area contributed by atoms with Crippen LogP contribution in [0.3, 0.4) is 0 Å². The van der Waals surface area contributed by atoms with Crippen molar-refractivity contribution in [3.8, 4) is 0 Å². The Morgan fingerprint density at radius 3 is 2.68 bits per heavy atom. The number of rotatable bonds is 4. The summed E-state index contributed by atoms with van der Waals surface area (Å²) in [5.41, 5.74) is 2.10. The monoisotopic (exact) mass is 279 g/mol. The fraction of sp³-hybridized carbons (Fsp3) is 0.400. The Kier molecular flexibility index (Phi) is 3.85. The van der Waals surface area contributed by atoms with E-state index < -0.39 is 5.97 Å². The van der Waals surface area contributed by atoms with Crippen LogP contribution in [0.2, 0.25) is 5.02 Å². The first kappa shape index (κ1) is 13.9. The van der Waals surface area contributed by atoms with Crippen molar-refractivity contribution in [2.24, 2.45) is 5.92 Å².